The lowest BCUT2D eigenvalue weighted by Crippen LogP contribution is -2.22. The molecule has 1 N–H and O–H groups in total. The molecule has 7 heteroatoms. The van der Waals surface area contributed by atoms with E-state index in [1.165, 1.54) is 4.88 Å². The summed E-state index contributed by atoms with van der Waals surface area (Å²) in [6.07, 6.45) is 2.22. The van der Waals surface area contributed by atoms with Crippen LogP contribution in [0.3, 0.4) is 0 Å². The third-order valence-corrected chi connectivity index (χ3v) is 4.57. The van der Waals surface area contributed by atoms with Gasteiger partial charge >= 0.3 is 0 Å². The van der Waals surface area contributed by atoms with E-state index in [4.69, 9.17) is 16.1 Å². The van der Waals surface area contributed by atoms with Gasteiger partial charge in [0.15, 0.2) is 0 Å². The molecule has 2 heterocycles. The summed E-state index contributed by atoms with van der Waals surface area (Å²) < 4.78 is 5.16. The standard InChI is InChI=1S/C17H16ClN3O2S/c18-13-5-1-4-12(10-13)17-20-16(23-21-17)11-19-15(22)8-2-6-14-7-3-9-24-14/h1,3-5,7,9-10H,2,6,8,11H2,(H,19,22). The molecule has 0 fully saturated rings. The zero-order chi connectivity index (χ0) is 16.8. The SMILES string of the molecule is O=C(CCCc1cccs1)NCc1nc(-c2cccc(Cl)c2)no1. The summed E-state index contributed by atoms with van der Waals surface area (Å²) in [5.74, 6) is 0.810. The van der Waals surface area contributed by atoms with Crippen LogP contribution >= 0.6 is 22.9 Å². The third kappa shape index (κ3) is 4.66. The van der Waals surface area contributed by atoms with Gasteiger partial charge in [0.2, 0.25) is 17.6 Å². The number of thiophene rings is 1. The molecular formula is C17H16ClN3O2S. The Morgan fingerprint density at radius 3 is 3.00 bits per heavy atom. The van der Waals surface area contributed by atoms with Gasteiger partial charge in [-0.2, -0.15) is 4.98 Å². The van der Waals surface area contributed by atoms with Crippen molar-refractivity contribution in [2.24, 2.45) is 0 Å². The summed E-state index contributed by atoms with van der Waals surface area (Å²) >= 11 is 7.66. The van der Waals surface area contributed by atoms with E-state index < -0.39 is 0 Å². The van der Waals surface area contributed by atoms with Gasteiger partial charge in [0.25, 0.3) is 0 Å². The van der Waals surface area contributed by atoms with Gasteiger partial charge < -0.3 is 9.84 Å². The van der Waals surface area contributed by atoms with E-state index in [9.17, 15) is 4.79 Å². The number of amides is 1. The topological polar surface area (TPSA) is 68.0 Å². The maximum atomic E-state index is 11.9. The van der Waals surface area contributed by atoms with Crippen molar-refractivity contribution in [3.05, 3.63) is 57.6 Å². The molecule has 0 bridgehead atoms. The highest BCUT2D eigenvalue weighted by Crippen LogP contribution is 2.19. The van der Waals surface area contributed by atoms with Crippen molar-refractivity contribution in [3.63, 3.8) is 0 Å². The van der Waals surface area contributed by atoms with E-state index in [1.54, 1.807) is 23.5 Å². The Kier molecular flexibility index (Phi) is 5.61. The van der Waals surface area contributed by atoms with Crippen LogP contribution in [0.1, 0.15) is 23.6 Å². The van der Waals surface area contributed by atoms with Crippen LogP contribution in [0, 0.1) is 0 Å². The van der Waals surface area contributed by atoms with Crippen LogP contribution in [0.5, 0.6) is 0 Å². The van der Waals surface area contributed by atoms with E-state index in [-0.39, 0.29) is 12.5 Å². The molecule has 0 aliphatic carbocycles. The average Bonchev–Trinajstić information content (AvgIpc) is 3.25. The van der Waals surface area contributed by atoms with E-state index in [1.807, 2.05) is 23.6 Å². The molecule has 0 spiro atoms. The van der Waals surface area contributed by atoms with Gasteiger partial charge in [0.05, 0.1) is 6.54 Å². The summed E-state index contributed by atoms with van der Waals surface area (Å²) in [6.45, 7) is 0.228. The van der Waals surface area contributed by atoms with Crippen molar-refractivity contribution in [1.29, 1.82) is 0 Å². The minimum Gasteiger partial charge on any atom is -0.347 e. The highest BCUT2D eigenvalue weighted by atomic mass is 35.5. The molecule has 24 heavy (non-hydrogen) atoms. The number of nitrogens with one attached hydrogen (secondary N) is 1. The van der Waals surface area contributed by atoms with E-state index in [0.29, 0.717) is 23.2 Å². The van der Waals surface area contributed by atoms with Crippen LogP contribution in [-0.4, -0.2) is 16.0 Å². The smallest absolute Gasteiger partial charge is 0.246 e. The molecule has 0 aliphatic heterocycles. The lowest BCUT2D eigenvalue weighted by atomic mass is 10.2. The Balaban J connectivity index is 1.45. The average molecular weight is 362 g/mol. The fraction of sp³-hybridized carbons (Fsp3) is 0.235. The number of aryl methyl sites for hydroxylation is 1. The number of benzene rings is 1. The Morgan fingerprint density at radius 2 is 2.21 bits per heavy atom. The molecule has 0 aliphatic rings. The van der Waals surface area contributed by atoms with Gasteiger partial charge in [-0.15, -0.1) is 11.3 Å². The normalized spacial score (nSPS) is 10.7. The van der Waals surface area contributed by atoms with E-state index >= 15 is 0 Å². The van der Waals surface area contributed by atoms with Crippen LogP contribution in [0.25, 0.3) is 11.4 Å². The Labute approximate surface area is 148 Å². The van der Waals surface area contributed by atoms with Crippen LogP contribution in [0.15, 0.2) is 46.3 Å². The molecule has 0 saturated heterocycles. The van der Waals surface area contributed by atoms with Crippen molar-refractivity contribution in [2.45, 2.75) is 25.8 Å². The first-order valence-corrected chi connectivity index (χ1v) is 8.84. The maximum Gasteiger partial charge on any atom is 0.246 e. The summed E-state index contributed by atoms with van der Waals surface area (Å²) in [6, 6.07) is 11.3. The second-order valence-corrected chi connectivity index (χ2v) is 6.70. The van der Waals surface area contributed by atoms with Crippen LogP contribution in [0.4, 0.5) is 0 Å². The fourth-order valence-corrected chi connectivity index (χ4v) is 3.15. The van der Waals surface area contributed by atoms with Crippen molar-refractivity contribution in [1.82, 2.24) is 15.5 Å². The predicted octanol–water partition coefficient (Wildman–Crippen LogP) is 4.09. The number of carbonyl (C=O) groups excluding carboxylic acids is 1. The second kappa shape index (κ2) is 8.08. The first kappa shape index (κ1) is 16.7. The molecule has 0 atom stereocenters. The van der Waals surface area contributed by atoms with Gasteiger partial charge in [0, 0.05) is 21.9 Å². The molecule has 5 nitrogen and oxygen atoms in total. The molecule has 0 radical (unpaired) electrons. The largest absolute Gasteiger partial charge is 0.347 e. The predicted molar refractivity (Wildman–Crippen MR) is 93.8 cm³/mol. The summed E-state index contributed by atoms with van der Waals surface area (Å²) in [7, 11) is 0. The number of nitrogens with zero attached hydrogens (tertiary/aromatic N) is 2. The fourth-order valence-electron chi connectivity index (χ4n) is 2.21. The number of aromatic nitrogens is 2. The summed E-state index contributed by atoms with van der Waals surface area (Å²) in [4.78, 5) is 17.4. The monoisotopic (exact) mass is 361 g/mol. The van der Waals surface area contributed by atoms with Gasteiger partial charge in [0.1, 0.15) is 0 Å². The number of hydrogen-bond donors (Lipinski definition) is 1. The van der Waals surface area contributed by atoms with Crippen LogP contribution in [-0.2, 0) is 17.8 Å². The van der Waals surface area contributed by atoms with Gasteiger partial charge in [-0.25, -0.2) is 0 Å². The van der Waals surface area contributed by atoms with Gasteiger partial charge in [-0.05, 0) is 36.4 Å². The van der Waals surface area contributed by atoms with Crippen LogP contribution in [0.2, 0.25) is 5.02 Å². The highest BCUT2D eigenvalue weighted by Gasteiger charge is 2.10. The molecule has 2 aromatic heterocycles. The van der Waals surface area contributed by atoms with Gasteiger partial charge in [-0.3, -0.25) is 4.79 Å². The number of rotatable bonds is 7. The zero-order valence-electron chi connectivity index (χ0n) is 12.9. The molecule has 1 amide bonds. The highest BCUT2D eigenvalue weighted by molar-refractivity contribution is 7.09. The lowest BCUT2D eigenvalue weighted by Gasteiger charge is -2.01. The second-order valence-electron chi connectivity index (χ2n) is 5.23. The zero-order valence-corrected chi connectivity index (χ0v) is 14.4. The Morgan fingerprint density at radius 1 is 1.29 bits per heavy atom. The maximum absolute atomic E-state index is 11.9. The first-order valence-electron chi connectivity index (χ1n) is 7.58. The van der Waals surface area contributed by atoms with E-state index in [0.717, 1.165) is 18.4 Å². The molecular weight excluding hydrogens is 346 g/mol. The van der Waals surface area contributed by atoms with Crippen molar-refractivity contribution in [3.8, 4) is 11.4 Å². The minimum absolute atomic E-state index is 0.0194. The minimum atomic E-state index is -0.0194. The molecule has 1 aromatic carbocycles. The van der Waals surface area contributed by atoms with E-state index in [2.05, 4.69) is 21.5 Å². The van der Waals surface area contributed by atoms with Crippen molar-refractivity contribution < 1.29 is 9.32 Å². The lowest BCUT2D eigenvalue weighted by molar-refractivity contribution is -0.121. The number of hydrogen-bond acceptors (Lipinski definition) is 5. The Bertz CT molecular complexity index is 802. The molecule has 124 valence electrons. The van der Waals surface area contributed by atoms with Gasteiger partial charge in [-0.1, -0.05) is 35.0 Å². The first-order chi connectivity index (χ1) is 11.7. The third-order valence-electron chi connectivity index (χ3n) is 3.39. The quantitative estimate of drug-likeness (QED) is 0.688. The Hall–Kier alpha value is -2.18. The number of halogens is 1. The molecule has 3 aromatic rings. The number of carbonyl (C=O) groups is 1. The molecule has 0 saturated carbocycles. The summed E-state index contributed by atoms with van der Waals surface area (Å²) in [5, 5.41) is 9.36. The van der Waals surface area contributed by atoms with Crippen molar-refractivity contribution >= 4 is 28.8 Å². The molecule has 3 rings (SSSR count). The van der Waals surface area contributed by atoms with Crippen molar-refractivity contribution in [2.75, 3.05) is 0 Å². The summed E-state index contributed by atoms with van der Waals surface area (Å²) in [5.41, 5.74) is 0.778. The van der Waals surface area contributed by atoms with Crippen LogP contribution < -0.4 is 5.32 Å². The molecule has 0 unspecified atom stereocenters.